The number of nitrogens with zero attached hydrogens (tertiary/aromatic N) is 4. The minimum atomic E-state index is -0.144. The van der Waals surface area contributed by atoms with Gasteiger partial charge < -0.3 is 10.2 Å². The van der Waals surface area contributed by atoms with Crippen molar-refractivity contribution in [2.45, 2.75) is 82.7 Å². The van der Waals surface area contributed by atoms with Crippen LogP contribution in [0.5, 0.6) is 0 Å². The lowest BCUT2D eigenvalue weighted by Crippen LogP contribution is -2.63. The molecule has 2 saturated heterocycles. The molecule has 2 N–H and O–H groups in total. The maximum absolute atomic E-state index is 12.1. The molecule has 1 aromatic rings. The van der Waals surface area contributed by atoms with Gasteiger partial charge in [0.2, 0.25) is 10.3 Å². The summed E-state index contributed by atoms with van der Waals surface area (Å²) >= 11 is 1.50. The Balaban J connectivity index is 1.08. The van der Waals surface area contributed by atoms with E-state index >= 15 is 0 Å². The summed E-state index contributed by atoms with van der Waals surface area (Å²) < 4.78 is 0. The second-order valence-electron chi connectivity index (χ2n) is 9.65. The highest BCUT2D eigenvalue weighted by molar-refractivity contribution is 7.19. The SMILES string of the molecule is O=C(Nc1nnc(N2CCC3(CC2)CN(C2CCCCC2)C3)s1)NC1CCCC1. The molecule has 0 unspecified atom stereocenters. The fourth-order valence-electron chi connectivity index (χ4n) is 5.79. The van der Waals surface area contributed by atoms with Gasteiger partial charge in [-0.2, -0.15) is 0 Å². The monoisotopic (exact) mass is 418 g/mol. The molecule has 2 aliphatic carbocycles. The maximum Gasteiger partial charge on any atom is 0.321 e. The van der Waals surface area contributed by atoms with Crippen molar-refractivity contribution < 1.29 is 4.79 Å². The molecule has 160 valence electrons. The number of hydrogen-bond acceptors (Lipinski definition) is 6. The van der Waals surface area contributed by atoms with E-state index in [0.717, 1.165) is 37.1 Å². The highest BCUT2D eigenvalue weighted by Crippen LogP contribution is 2.44. The number of piperidine rings is 1. The molecule has 8 heteroatoms. The number of likely N-dealkylation sites (tertiary alicyclic amines) is 1. The number of amides is 2. The molecule has 0 atom stereocenters. The fourth-order valence-corrected chi connectivity index (χ4v) is 6.58. The number of rotatable bonds is 4. The minimum Gasteiger partial charge on any atom is -0.347 e. The summed E-state index contributed by atoms with van der Waals surface area (Å²) in [6.07, 6.45) is 14.2. The highest BCUT2D eigenvalue weighted by Gasteiger charge is 2.47. The van der Waals surface area contributed by atoms with Gasteiger partial charge in [0.25, 0.3) is 0 Å². The molecular weight excluding hydrogens is 384 g/mol. The topological polar surface area (TPSA) is 73.4 Å². The number of anilines is 2. The zero-order valence-corrected chi connectivity index (χ0v) is 18.2. The smallest absolute Gasteiger partial charge is 0.321 e. The summed E-state index contributed by atoms with van der Waals surface area (Å²) in [4.78, 5) is 17.3. The standard InChI is InChI=1S/C21H34N6OS/c28-18(22-16-6-4-5-7-16)23-19-24-25-20(29-19)26-12-10-21(11-13-26)14-27(15-21)17-8-2-1-3-9-17/h16-17H,1-15H2,(H2,22,23,24,28). The second-order valence-corrected chi connectivity index (χ2v) is 10.6. The van der Waals surface area contributed by atoms with E-state index in [-0.39, 0.29) is 6.03 Å². The molecule has 1 aromatic heterocycles. The Kier molecular flexibility index (Phi) is 5.65. The van der Waals surface area contributed by atoms with E-state index in [4.69, 9.17) is 0 Å². The van der Waals surface area contributed by atoms with Crippen molar-refractivity contribution in [1.29, 1.82) is 0 Å². The molecule has 2 saturated carbocycles. The molecule has 0 bridgehead atoms. The van der Waals surface area contributed by atoms with Gasteiger partial charge in [-0.05, 0) is 43.9 Å². The summed E-state index contributed by atoms with van der Waals surface area (Å²) in [6, 6.07) is 1.03. The molecule has 1 spiro atoms. The maximum atomic E-state index is 12.1. The third-order valence-corrected chi connectivity index (χ3v) is 8.49. The average Bonchev–Trinajstić information content (AvgIpc) is 3.39. The van der Waals surface area contributed by atoms with Gasteiger partial charge in [0.15, 0.2) is 0 Å². The number of hydrogen-bond donors (Lipinski definition) is 2. The Hall–Kier alpha value is -1.41. The van der Waals surface area contributed by atoms with Crippen LogP contribution in [0.1, 0.15) is 70.6 Å². The lowest BCUT2D eigenvalue weighted by atomic mass is 9.70. The molecule has 4 aliphatic rings. The molecular formula is C21H34N6OS. The van der Waals surface area contributed by atoms with E-state index in [0.29, 0.717) is 16.6 Å². The van der Waals surface area contributed by atoms with Gasteiger partial charge in [0.1, 0.15) is 0 Å². The van der Waals surface area contributed by atoms with Gasteiger partial charge in [-0.25, -0.2) is 4.79 Å². The van der Waals surface area contributed by atoms with Gasteiger partial charge in [-0.15, -0.1) is 10.2 Å². The lowest BCUT2D eigenvalue weighted by molar-refractivity contribution is -0.0553. The van der Waals surface area contributed by atoms with Crippen LogP contribution in [-0.4, -0.2) is 59.4 Å². The first-order valence-corrected chi connectivity index (χ1v) is 12.4. The first kappa shape index (κ1) is 19.5. The molecule has 2 amide bonds. The summed E-state index contributed by atoms with van der Waals surface area (Å²) in [5, 5.41) is 16.0. The normalized spacial score (nSPS) is 25.9. The van der Waals surface area contributed by atoms with Crippen molar-refractivity contribution in [2.24, 2.45) is 5.41 Å². The second kappa shape index (κ2) is 8.38. The number of carbonyl (C=O) groups is 1. The van der Waals surface area contributed by atoms with Crippen LogP contribution < -0.4 is 15.5 Å². The van der Waals surface area contributed by atoms with Crippen LogP contribution in [0.15, 0.2) is 0 Å². The fraction of sp³-hybridized carbons (Fsp3) is 0.857. The summed E-state index contributed by atoms with van der Waals surface area (Å²) in [6.45, 7) is 4.72. The predicted molar refractivity (Wildman–Crippen MR) is 117 cm³/mol. The van der Waals surface area contributed by atoms with E-state index in [1.165, 1.54) is 82.2 Å². The largest absolute Gasteiger partial charge is 0.347 e. The zero-order chi connectivity index (χ0) is 19.7. The number of aromatic nitrogens is 2. The molecule has 2 aliphatic heterocycles. The van der Waals surface area contributed by atoms with Crippen LogP contribution in [0.4, 0.5) is 15.1 Å². The van der Waals surface area contributed by atoms with Gasteiger partial charge in [-0.1, -0.05) is 43.4 Å². The van der Waals surface area contributed by atoms with E-state index in [9.17, 15) is 4.79 Å². The van der Waals surface area contributed by atoms with E-state index in [1.54, 1.807) is 0 Å². The molecule has 0 radical (unpaired) electrons. The molecule has 4 fully saturated rings. The van der Waals surface area contributed by atoms with E-state index in [1.807, 2.05) is 0 Å². The van der Waals surface area contributed by atoms with Crippen molar-refractivity contribution in [1.82, 2.24) is 20.4 Å². The van der Waals surface area contributed by atoms with Crippen molar-refractivity contribution >= 4 is 27.6 Å². The summed E-state index contributed by atoms with van der Waals surface area (Å²) in [7, 11) is 0. The van der Waals surface area contributed by atoms with Crippen molar-refractivity contribution in [3.8, 4) is 0 Å². The molecule has 3 heterocycles. The van der Waals surface area contributed by atoms with Crippen molar-refractivity contribution in [3.63, 3.8) is 0 Å². The molecule has 29 heavy (non-hydrogen) atoms. The van der Waals surface area contributed by atoms with Crippen LogP contribution in [0.2, 0.25) is 0 Å². The summed E-state index contributed by atoms with van der Waals surface area (Å²) in [5.74, 6) is 0. The first-order chi connectivity index (χ1) is 14.2. The van der Waals surface area contributed by atoms with Gasteiger partial charge in [-0.3, -0.25) is 10.2 Å². The third-order valence-electron chi connectivity index (χ3n) is 7.59. The van der Waals surface area contributed by atoms with Crippen LogP contribution in [0.3, 0.4) is 0 Å². The van der Waals surface area contributed by atoms with Crippen LogP contribution in [0, 0.1) is 5.41 Å². The first-order valence-electron chi connectivity index (χ1n) is 11.6. The Bertz CT molecular complexity index is 696. The number of urea groups is 1. The number of nitrogens with one attached hydrogen (secondary N) is 2. The Morgan fingerprint density at radius 3 is 2.38 bits per heavy atom. The highest BCUT2D eigenvalue weighted by atomic mass is 32.1. The molecule has 5 rings (SSSR count). The lowest BCUT2D eigenvalue weighted by Gasteiger charge is -2.57. The van der Waals surface area contributed by atoms with Gasteiger partial charge >= 0.3 is 6.03 Å². The number of carbonyl (C=O) groups excluding carboxylic acids is 1. The van der Waals surface area contributed by atoms with Crippen molar-refractivity contribution in [3.05, 3.63) is 0 Å². The summed E-state index contributed by atoms with van der Waals surface area (Å²) in [5.41, 5.74) is 0.543. The van der Waals surface area contributed by atoms with Gasteiger partial charge in [0.05, 0.1) is 0 Å². The van der Waals surface area contributed by atoms with E-state index in [2.05, 4.69) is 30.6 Å². The Labute approximate surface area is 177 Å². The minimum absolute atomic E-state index is 0.144. The zero-order valence-electron chi connectivity index (χ0n) is 17.4. The Morgan fingerprint density at radius 2 is 1.66 bits per heavy atom. The average molecular weight is 419 g/mol. The molecule has 0 aromatic carbocycles. The third kappa shape index (κ3) is 4.38. The quantitative estimate of drug-likeness (QED) is 0.777. The van der Waals surface area contributed by atoms with Crippen molar-refractivity contribution in [2.75, 3.05) is 36.4 Å². The molecule has 7 nitrogen and oxygen atoms in total. The Morgan fingerprint density at radius 1 is 0.966 bits per heavy atom. The van der Waals surface area contributed by atoms with E-state index < -0.39 is 0 Å². The van der Waals surface area contributed by atoms with Crippen LogP contribution in [-0.2, 0) is 0 Å². The van der Waals surface area contributed by atoms with Gasteiger partial charge in [0, 0.05) is 38.3 Å². The van der Waals surface area contributed by atoms with Crippen LogP contribution >= 0.6 is 11.3 Å². The predicted octanol–water partition coefficient (Wildman–Crippen LogP) is 3.84. The van der Waals surface area contributed by atoms with Crippen LogP contribution in [0.25, 0.3) is 0 Å².